The van der Waals surface area contributed by atoms with E-state index in [-0.39, 0.29) is 11.4 Å². The van der Waals surface area contributed by atoms with Gasteiger partial charge < -0.3 is 0 Å². The quantitative estimate of drug-likeness (QED) is 0.293. The first-order chi connectivity index (χ1) is 12.3. The number of carbonyl (C=O) groups is 1. The Balaban J connectivity index is 1.82. The number of Topliss-reactive ketones (excluding diaryl/α,β-unsaturated/α-hetero) is 1. The van der Waals surface area contributed by atoms with Crippen LogP contribution >= 0.6 is 11.3 Å². The highest BCUT2D eigenvalue weighted by atomic mass is 32.1. The third-order valence-electron chi connectivity index (χ3n) is 3.43. The van der Waals surface area contributed by atoms with Crippen molar-refractivity contribution >= 4 is 23.2 Å². The molecule has 1 heterocycles. The minimum atomic E-state index is -0.270. The summed E-state index contributed by atoms with van der Waals surface area (Å²) in [5, 5.41) is 11.2. The number of ketones is 1. The minimum Gasteiger partial charge on any atom is -0.288 e. The molecule has 0 saturated heterocycles. The Bertz CT molecular complexity index is 1010. The molecule has 1 aromatic heterocycles. The van der Waals surface area contributed by atoms with E-state index in [1.54, 1.807) is 30.3 Å². The SMILES string of the molecule is N#CC(=Cc1cc(C#Cc2ccccc2)cs1)C(=O)c1ccccc1. The van der Waals surface area contributed by atoms with Gasteiger partial charge in [0.2, 0.25) is 5.78 Å². The standard InChI is InChI=1S/C22H13NOS/c23-15-20(22(24)19-9-5-2-6-10-19)14-21-13-18(16-25-21)12-11-17-7-3-1-4-8-17/h1-10,13-14,16H. The molecule has 3 heteroatoms. The number of rotatable bonds is 3. The third kappa shape index (κ3) is 4.32. The van der Waals surface area contributed by atoms with Crippen LogP contribution in [0.1, 0.15) is 26.4 Å². The molecule has 3 rings (SSSR count). The van der Waals surface area contributed by atoms with Gasteiger partial charge in [-0.15, -0.1) is 11.3 Å². The predicted molar refractivity (Wildman–Crippen MR) is 101 cm³/mol. The molecule has 0 spiro atoms. The van der Waals surface area contributed by atoms with Crippen molar-refractivity contribution in [2.24, 2.45) is 0 Å². The van der Waals surface area contributed by atoms with Crippen molar-refractivity contribution in [3.05, 3.63) is 99.3 Å². The van der Waals surface area contributed by atoms with Crippen LogP contribution in [0.2, 0.25) is 0 Å². The molecule has 0 amide bonds. The van der Waals surface area contributed by atoms with Crippen molar-refractivity contribution in [3.8, 4) is 17.9 Å². The summed E-state index contributed by atoms with van der Waals surface area (Å²) in [5.74, 6) is 5.92. The predicted octanol–water partition coefficient (Wildman–Crippen LogP) is 4.94. The highest BCUT2D eigenvalue weighted by molar-refractivity contribution is 7.11. The molecule has 2 aromatic carbocycles. The second-order valence-corrected chi connectivity index (χ2v) is 6.16. The van der Waals surface area contributed by atoms with Crippen molar-refractivity contribution in [3.63, 3.8) is 0 Å². The van der Waals surface area contributed by atoms with Crippen molar-refractivity contribution < 1.29 is 4.79 Å². The third-order valence-corrected chi connectivity index (χ3v) is 4.31. The van der Waals surface area contributed by atoms with E-state index < -0.39 is 0 Å². The first kappa shape index (κ1) is 16.5. The largest absolute Gasteiger partial charge is 0.288 e. The lowest BCUT2D eigenvalue weighted by Gasteiger charge is -1.97. The molecule has 25 heavy (non-hydrogen) atoms. The van der Waals surface area contributed by atoms with Crippen LogP contribution in [0.4, 0.5) is 0 Å². The van der Waals surface area contributed by atoms with Crippen LogP contribution in [0, 0.1) is 23.2 Å². The highest BCUT2D eigenvalue weighted by Gasteiger charge is 2.11. The molecule has 0 saturated carbocycles. The lowest BCUT2D eigenvalue weighted by molar-refractivity contribution is 0.104. The van der Waals surface area contributed by atoms with Gasteiger partial charge in [-0.3, -0.25) is 4.79 Å². The lowest BCUT2D eigenvalue weighted by Crippen LogP contribution is -2.01. The number of nitrogens with zero attached hydrogens (tertiary/aromatic N) is 1. The zero-order valence-corrected chi connectivity index (χ0v) is 14.1. The monoisotopic (exact) mass is 339 g/mol. The Kier molecular flexibility index (Phi) is 5.22. The van der Waals surface area contributed by atoms with E-state index in [0.717, 1.165) is 16.0 Å². The van der Waals surface area contributed by atoms with Crippen molar-refractivity contribution in [1.82, 2.24) is 0 Å². The first-order valence-electron chi connectivity index (χ1n) is 7.63. The molecule has 0 N–H and O–H groups in total. The summed E-state index contributed by atoms with van der Waals surface area (Å²) in [6, 6.07) is 22.4. The van der Waals surface area contributed by atoms with Gasteiger partial charge in [0, 0.05) is 26.9 Å². The van der Waals surface area contributed by atoms with Crippen molar-refractivity contribution in [2.45, 2.75) is 0 Å². The average molecular weight is 339 g/mol. The van der Waals surface area contributed by atoms with E-state index in [1.807, 2.05) is 53.9 Å². The highest BCUT2D eigenvalue weighted by Crippen LogP contribution is 2.19. The molecule has 3 aromatic rings. The number of thiophene rings is 1. The number of nitriles is 1. The van der Waals surface area contributed by atoms with E-state index >= 15 is 0 Å². The fraction of sp³-hybridized carbons (Fsp3) is 0. The maximum atomic E-state index is 12.4. The summed E-state index contributed by atoms with van der Waals surface area (Å²) in [5.41, 5.74) is 2.44. The van der Waals surface area contributed by atoms with Crippen LogP contribution < -0.4 is 0 Å². The lowest BCUT2D eigenvalue weighted by atomic mass is 10.0. The Labute approximate surface area is 150 Å². The van der Waals surface area contributed by atoms with Gasteiger partial charge in [-0.25, -0.2) is 0 Å². The maximum absolute atomic E-state index is 12.4. The van der Waals surface area contributed by atoms with Crippen LogP contribution in [0.25, 0.3) is 6.08 Å². The number of carbonyl (C=O) groups excluding carboxylic acids is 1. The zero-order valence-electron chi connectivity index (χ0n) is 13.3. The van der Waals surface area contributed by atoms with E-state index in [1.165, 1.54) is 11.3 Å². The topological polar surface area (TPSA) is 40.9 Å². The van der Waals surface area contributed by atoms with Crippen LogP contribution in [0.3, 0.4) is 0 Å². The minimum absolute atomic E-state index is 0.121. The van der Waals surface area contributed by atoms with E-state index in [9.17, 15) is 10.1 Å². The molecule has 0 aliphatic carbocycles. The second-order valence-electron chi connectivity index (χ2n) is 5.22. The van der Waals surface area contributed by atoms with Crippen molar-refractivity contribution in [2.75, 3.05) is 0 Å². The van der Waals surface area contributed by atoms with E-state index in [4.69, 9.17) is 0 Å². The van der Waals surface area contributed by atoms with Crippen molar-refractivity contribution in [1.29, 1.82) is 5.26 Å². The zero-order chi connectivity index (χ0) is 17.5. The van der Waals surface area contributed by atoms with Gasteiger partial charge in [-0.2, -0.15) is 5.26 Å². The molecular formula is C22H13NOS. The summed E-state index contributed by atoms with van der Waals surface area (Å²) < 4.78 is 0. The van der Waals surface area contributed by atoms with Crippen LogP contribution in [-0.2, 0) is 0 Å². The summed E-state index contributed by atoms with van der Waals surface area (Å²) in [7, 11) is 0. The normalized spacial score (nSPS) is 10.4. The Morgan fingerprint density at radius 3 is 2.24 bits per heavy atom. The molecule has 0 aliphatic heterocycles. The molecule has 0 unspecified atom stereocenters. The summed E-state index contributed by atoms with van der Waals surface area (Å²) in [6.45, 7) is 0. The van der Waals surface area contributed by atoms with Gasteiger partial charge in [0.15, 0.2) is 0 Å². The molecule has 2 nitrogen and oxygen atoms in total. The first-order valence-corrected chi connectivity index (χ1v) is 8.51. The second kappa shape index (κ2) is 7.93. The van der Waals surface area contributed by atoms with Gasteiger partial charge in [0.1, 0.15) is 11.6 Å². The number of benzene rings is 2. The van der Waals surface area contributed by atoms with E-state index in [2.05, 4.69) is 11.8 Å². The number of hydrogen-bond donors (Lipinski definition) is 0. The molecule has 0 atom stereocenters. The van der Waals surface area contributed by atoms with Crippen LogP contribution in [-0.4, -0.2) is 5.78 Å². The van der Waals surface area contributed by atoms with Crippen LogP contribution in [0.15, 0.2) is 77.7 Å². The number of hydrogen-bond acceptors (Lipinski definition) is 3. The molecule has 0 aliphatic rings. The van der Waals surface area contributed by atoms with Crippen LogP contribution in [0.5, 0.6) is 0 Å². The van der Waals surface area contributed by atoms with Gasteiger partial charge in [-0.1, -0.05) is 60.4 Å². The smallest absolute Gasteiger partial charge is 0.203 e. The van der Waals surface area contributed by atoms with E-state index in [0.29, 0.717) is 5.56 Å². The summed E-state index contributed by atoms with van der Waals surface area (Å²) in [4.78, 5) is 13.2. The fourth-order valence-electron chi connectivity index (χ4n) is 2.20. The summed E-state index contributed by atoms with van der Waals surface area (Å²) in [6.07, 6.45) is 1.62. The average Bonchev–Trinajstić information content (AvgIpc) is 3.13. The Morgan fingerprint density at radius 2 is 1.56 bits per heavy atom. The fourth-order valence-corrected chi connectivity index (χ4v) is 2.97. The molecule has 0 bridgehead atoms. The Hall–Kier alpha value is -3.40. The van der Waals surface area contributed by atoms with Gasteiger partial charge >= 0.3 is 0 Å². The molecule has 0 radical (unpaired) electrons. The molecule has 0 fully saturated rings. The number of allylic oxidation sites excluding steroid dienone is 1. The van der Waals surface area contributed by atoms with Gasteiger partial charge in [0.05, 0.1) is 0 Å². The molecule has 118 valence electrons. The molecular weight excluding hydrogens is 326 g/mol. The van der Waals surface area contributed by atoms with Gasteiger partial charge in [-0.05, 0) is 24.3 Å². The maximum Gasteiger partial charge on any atom is 0.203 e. The van der Waals surface area contributed by atoms with Gasteiger partial charge in [0.25, 0.3) is 0 Å². The summed E-state index contributed by atoms with van der Waals surface area (Å²) >= 11 is 1.46. The Morgan fingerprint density at radius 1 is 0.920 bits per heavy atom.